The van der Waals surface area contributed by atoms with Crippen LogP contribution in [0, 0.1) is 19.7 Å². The summed E-state index contributed by atoms with van der Waals surface area (Å²) in [5, 5.41) is 3.34. The molecule has 5 nitrogen and oxygen atoms in total. The van der Waals surface area contributed by atoms with Gasteiger partial charge in [-0.15, -0.1) is 0 Å². The second-order valence-electron chi connectivity index (χ2n) is 6.82. The van der Waals surface area contributed by atoms with Gasteiger partial charge < -0.3 is 14.6 Å². The summed E-state index contributed by atoms with van der Waals surface area (Å²) in [5.41, 5.74) is 4.51. The molecule has 3 aromatic rings. The molecule has 1 saturated heterocycles. The van der Waals surface area contributed by atoms with Gasteiger partial charge in [-0.2, -0.15) is 0 Å². The predicted molar refractivity (Wildman–Crippen MR) is 119 cm³/mol. The standard InChI is InChI=1S/C23H20FN3O2S/c1-14-12-16(15(2)27(14)19-8-4-17(24)5-9-19)13-21-22(28)26-23(30-21)25-18-6-10-20(29-3)11-7-18/h4-13H,1-3H3,(H,25,26,28)/b21-13-. The van der Waals surface area contributed by atoms with Gasteiger partial charge in [0.05, 0.1) is 17.7 Å². The van der Waals surface area contributed by atoms with E-state index >= 15 is 0 Å². The van der Waals surface area contributed by atoms with E-state index in [0.717, 1.165) is 34.1 Å². The third kappa shape index (κ3) is 4.02. The van der Waals surface area contributed by atoms with E-state index in [4.69, 9.17) is 4.74 Å². The van der Waals surface area contributed by atoms with Crippen LogP contribution >= 0.6 is 11.8 Å². The first-order valence-corrected chi connectivity index (χ1v) is 10.1. The number of aliphatic imine (C=N–C) groups is 1. The van der Waals surface area contributed by atoms with Crippen LogP contribution in [-0.4, -0.2) is 22.8 Å². The van der Waals surface area contributed by atoms with Crippen molar-refractivity contribution in [3.05, 3.63) is 82.3 Å². The van der Waals surface area contributed by atoms with Gasteiger partial charge in [-0.25, -0.2) is 9.38 Å². The summed E-state index contributed by atoms with van der Waals surface area (Å²) in [6.07, 6.45) is 1.86. The van der Waals surface area contributed by atoms with Crippen LogP contribution in [0.25, 0.3) is 11.8 Å². The van der Waals surface area contributed by atoms with Crippen LogP contribution < -0.4 is 10.1 Å². The number of hydrogen-bond acceptors (Lipinski definition) is 4. The molecule has 0 bridgehead atoms. The van der Waals surface area contributed by atoms with Gasteiger partial charge in [0.2, 0.25) is 0 Å². The van der Waals surface area contributed by atoms with Crippen LogP contribution in [0.1, 0.15) is 17.0 Å². The number of carbonyl (C=O) groups is 1. The molecule has 0 atom stereocenters. The Kier molecular flexibility index (Phi) is 5.46. The highest BCUT2D eigenvalue weighted by molar-refractivity contribution is 8.18. The smallest absolute Gasteiger partial charge is 0.264 e. The summed E-state index contributed by atoms with van der Waals surface area (Å²) in [7, 11) is 1.61. The summed E-state index contributed by atoms with van der Waals surface area (Å²) in [6.45, 7) is 3.96. The molecule has 0 radical (unpaired) electrons. The lowest BCUT2D eigenvalue weighted by molar-refractivity contribution is -0.115. The van der Waals surface area contributed by atoms with E-state index in [0.29, 0.717) is 10.1 Å². The van der Waals surface area contributed by atoms with Crippen molar-refractivity contribution in [3.63, 3.8) is 0 Å². The Morgan fingerprint density at radius 2 is 1.80 bits per heavy atom. The number of ether oxygens (including phenoxy) is 1. The number of carbonyl (C=O) groups excluding carboxylic acids is 1. The quantitative estimate of drug-likeness (QED) is 0.594. The molecule has 4 rings (SSSR count). The lowest BCUT2D eigenvalue weighted by Crippen LogP contribution is -2.19. The van der Waals surface area contributed by atoms with Gasteiger partial charge in [0.1, 0.15) is 11.6 Å². The van der Waals surface area contributed by atoms with E-state index in [1.165, 1.54) is 23.9 Å². The number of nitrogens with one attached hydrogen (secondary N) is 1. The van der Waals surface area contributed by atoms with Crippen LogP contribution in [0.4, 0.5) is 10.1 Å². The fraction of sp³-hybridized carbons (Fsp3) is 0.130. The van der Waals surface area contributed by atoms with Crippen LogP contribution in [0.3, 0.4) is 0 Å². The Morgan fingerprint density at radius 3 is 2.47 bits per heavy atom. The molecular formula is C23H20FN3O2S. The minimum atomic E-state index is -0.272. The lowest BCUT2D eigenvalue weighted by Gasteiger charge is -2.09. The van der Waals surface area contributed by atoms with Gasteiger partial charge >= 0.3 is 0 Å². The number of aryl methyl sites for hydroxylation is 1. The van der Waals surface area contributed by atoms with Gasteiger partial charge in [0, 0.05) is 17.1 Å². The summed E-state index contributed by atoms with van der Waals surface area (Å²) >= 11 is 1.30. The molecule has 1 aromatic heterocycles. The molecule has 0 saturated carbocycles. The summed E-state index contributed by atoms with van der Waals surface area (Å²) in [4.78, 5) is 17.5. The highest BCUT2D eigenvalue weighted by atomic mass is 32.2. The second kappa shape index (κ2) is 8.20. The minimum absolute atomic E-state index is 0.182. The van der Waals surface area contributed by atoms with E-state index in [-0.39, 0.29) is 11.7 Å². The summed E-state index contributed by atoms with van der Waals surface area (Å²) in [6, 6.07) is 15.7. The molecule has 7 heteroatoms. The molecule has 30 heavy (non-hydrogen) atoms. The van der Waals surface area contributed by atoms with Crippen molar-refractivity contribution in [3.8, 4) is 11.4 Å². The Hall–Kier alpha value is -3.32. The zero-order valence-corrected chi connectivity index (χ0v) is 17.6. The van der Waals surface area contributed by atoms with E-state index in [1.807, 2.05) is 54.8 Å². The zero-order valence-electron chi connectivity index (χ0n) is 16.8. The molecule has 1 N–H and O–H groups in total. The highest BCUT2D eigenvalue weighted by Gasteiger charge is 2.24. The first-order chi connectivity index (χ1) is 14.4. The van der Waals surface area contributed by atoms with E-state index in [9.17, 15) is 9.18 Å². The van der Waals surface area contributed by atoms with Crippen molar-refractivity contribution < 1.29 is 13.9 Å². The van der Waals surface area contributed by atoms with E-state index < -0.39 is 0 Å². The number of aromatic nitrogens is 1. The second-order valence-corrected chi connectivity index (χ2v) is 7.85. The molecule has 2 heterocycles. The molecular weight excluding hydrogens is 401 g/mol. The Balaban J connectivity index is 1.60. The zero-order chi connectivity index (χ0) is 21.3. The molecule has 2 aromatic carbocycles. The minimum Gasteiger partial charge on any atom is -0.497 e. The SMILES string of the molecule is COc1ccc(N=C2NC(=O)/C(=C/c3cc(C)n(-c4ccc(F)cc4)c3C)S2)cc1. The maximum atomic E-state index is 13.3. The summed E-state index contributed by atoms with van der Waals surface area (Å²) in [5.74, 6) is 0.296. The van der Waals surface area contributed by atoms with Gasteiger partial charge in [0.25, 0.3) is 5.91 Å². The average Bonchev–Trinajstić information content (AvgIpc) is 3.21. The highest BCUT2D eigenvalue weighted by Crippen LogP contribution is 2.31. The third-order valence-corrected chi connectivity index (χ3v) is 5.71. The largest absolute Gasteiger partial charge is 0.497 e. The molecule has 0 aliphatic carbocycles. The predicted octanol–water partition coefficient (Wildman–Crippen LogP) is 5.13. The number of benzene rings is 2. The van der Waals surface area contributed by atoms with Gasteiger partial charge in [-0.1, -0.05) is 0 Å². The number of amides is 1. The number of rotatable bonds is 4. The molecule has 152 valence electrons. The van der Waals surface area contributed by atoms with Crippen LogP contribution in [0.2, 0.25) is 0 Å². The molecule has 1 aliphatic rings. The van der Waals surface area contributed by atoms with Gasteiger partial charge in [-0.3, -0.25) is 4.79 Å². The first kappa shape index (κ1) is 20.0. The van der Waals surface area contributed by atoms with Gasteiger partial charge in [-0.05, 0) is 91.8 Å². The molecule has 1 amide bonds. The average molecular weight is 421 g/mol. The number of methoxy groups -OCH3 is 1. The van der Waals surface area contributed by atoms with Crippen LogP contribution in [0.15, 0.2) is 64.5 Å². The van der Waals surface area contributed by atoms with Crippen molar-refractivity contribution in [1.29, 1.82) is 0 Å². The number of hydrogen-bond donors (Lipinski definition) is 1. The molecule has 0 spiro atoms. The number of thioether (sulfide) groups is 1. The maximum Gasteiger partial charge on any atom is 0.264 e. The van der Waals surface area contributed by atoms with Crippen LogP contribution in [0.5, 0.6) is 5.75 Å². The number of nitrogens with zero attached hydrogens (tertiary/aromatic N) is 2. The lowest BCUT2D eigenvalue weighted by atomic mass is 10.2. The molecule has 1 aliphatic heterocycles. The fourth-order valence-electron chi connectivity index (χ4n) is 3.32. The maximum absolute atomic E-state index is 13.3. The molecule has 1 fully saturated rings. The van der Waals surface area contributed by atoms with Gasteiger partial charge in [0.15, 0.2) is 5.17 Å². The Labute approximate surface area is 178 Å². The topological polar surface area (TPSA) is 55.6 Å². The van der Waals surface area contributed by atoms with E-state index in [2.05, 4.69) is 10.3 Å². The van der Waals surface area contributed by atoms with Crippen molar-refractivity contribution in [2.75, 3.05) is 7.11 Å². The number of halogens is 1. The van der Waals surface area contributed by atoms with Crippen molar-refractivity contribution in [2.24, 2.45) is 4.99 Å². The van der Waals surface area contributed by atoms with E-state index in [1.54, 1.807) is 19.2 Å². The Morgan fingerprint density at radius 1 is 1.10 bits per heavy atom. The normalized spacial score (nSPS) is 16.3. The third-order valence-electron chi connectivity index (χ3n) is 4.80. The van der Waals surface area contributed by atoms with Crippen molar-refractivity contribution in [2.45, 2.75) is 13.8 Å². The Bertz CT molecular complexity index is 1160. The summed E-state index contributed by atoms with van der Waals surface area (Å²) < 4.78 is 20.5. The van der Waals surface area contributed by atoms with Crippen molar-refractivity contribution >= 4 is 34.6 Å². The first-order valence-electron chi connectivity index (χ1n) is 9.33. The molecule has 0 unspecified atom stereocenters. The monoisotopic (exact) mass is 421 g/mol. The van der Waals surface area contributed by atoms with Crippen molar-refractivity contribution in [1.82, 2.24) is 9.88 Å². The van der Waals surface area contributed by atoms with Crippen LogP contribution in [-0.2, 0) is 4.79 Å². The number of amidine groups is 1. The fourth-order valence-corrected chi connectivity index (χ4v) is 4.15.